The molecule has 1 unspecified atom stereocenters. The van der Waals surface area contributed by atoms with Crippen LogP contribution in [0.1, 0.15) is 18.5 Å². The van der Waals surface area contributed by atoms with Crippen LogP contribution in [0.4, 0.5) is 0 Å². The van der Waals surface area contributed by atoms with Gasteiger partial charge in [-0.1, -0.05) is 41.9 Å². The van der Waals surface area contributed by atoms with Gasteiger partial charge in [0.15, 0.2) is 0 Å². The summed E-state index contributed by atoms with van der Waals surface area (Å²) >= 11 is 5.94. The number of amidine groups is 2. The predicted molar refractivity (Wildman–Crippen MR) is 77.6 cm³/mol. The van der Waals surface area contributed by atoms with Crippen LogP contribution in [0.2, 0.25) is 0 Å². The summed E-state index contributed by atoms with van der Waals surface area (Å²) in [4.78, 5) is 10.9. The quantitative estimate of drug-likeness (QED) is 0.726. The van der Waals surface area contributed by atoms with Gasteiger partial charge >= 0.3 is 0 Å². The van der Waals surface area contributed by atoms with Crippen molar-refractivity contribution in [2.24, 2.45) is 9.98 Å². The first-order valence-electron chi connectivity index (χ1n) is 5.57. The fraction of sp³-hybridized carbons (Fsp3) is 0.231. The average molecular weight is 282 g/mol. The number of aliphatic imine (C=N–C) groups is 2. The standard InChI is InChI=1S/C13H12ClN3.ClH/c1-9-16-12(14)7-13-15-8-11(17(9)13)10-5-3-2-4-6-10;/h2-7,11H,8H2,1H3;1H. The molecule has 0 aliphatic carbocycles. The molecule has 0 fully saturated rings. The molecule has 5 heteroatoms. The van der Waals surface area contributed by atoms with E-state index in [1.807, 2.05) is 31.2 Å². The summed E-state index contributed by atoms with van der Waals surface area (Å²) in [5.74, 6) is 1.82. The first kappa shape index (κ1) is 13.1. The van der Waals surface area contributed by atoms with Gasteiger partial charge < -0.3 is 4.90 Å². The Morgan fingerprint density at radius 2 is 2.00 bits per heavy atom. The van der Waals surface area contributed by atoms with E-state index < -0.39 is 0 Å². The Balaban J connectivity index is 0.00000120. The lowest BCUT2D eigenvalue weighted by Gasteiger charge is -2.28. The van der Waals surface area contributed by atoms with Crippen LogP contribution in [-0.4, -0.2) is 23.1 Å². The Morgan fingerprint density at radius 3 is 2.72 bits per heavy atom. The second-order valence-corrected chi connectivity index (χ2v) is 4.51. The average Bonchev–Trinajstić information content (AvgIpc) is 2.74. The molecule has 0 spiro atoms. The van der Waals surface area contributed by atoms with Crippen molar-refractivity contribution in [3.8, 4) is 0 Å². The van der Waals surface area contributed by atoms with E-state index in [0.29, 0.717) is 5.16 Å². The van der Waals surface area contributed by atoms with Crippen LogP contribution in [0.25, 0.3) is 0 Å². The molecule has 0 aromatic heterocycles. The maximum absolute atomic E-state index is 5.94. The molecule has 1 aromatic rings. The molecule has 0 saturated heterocycles. The van der Waals surface area contributed by atoms with Crippen molar-refractivity contribution in [2.75, 3.05) is 6.54 Å². The van der Waals surface area contributed by atoms with Crippen molar-refractivity contribution in [1.29, 1.82) is 0 Å². The minimum absolute atomic E-state index is 0. The molecule has 0 N–H and O–H groups in total. The van der Waals surface area contributed by atoms with Gasteiger partial charge in [-0.2, -0.15) is 0 Å². The Morgan fingerprint density at radius 1 is 1.28 bits per heavy atom. The van der Waals surface area contributed by atoms with Crippen LogP contribution in [0.15, 0.2) is 51.5 Å². The van der Waals surface area contributed by atoms with E-state index in [4.69, 9.17) is 11.6 Å². The first-order chi connectivity index (χ1) is 8.25. The lowest BCUT2D eigenvalue weighted by atomic mass is 10.1. The van der Waals surface area contributed by atoms with E-state index in [2.05, 4.69) is 27.0 Å². The summed E-state index contributed by atoms with van der Waals surface area (Å²) in [6, 6.07) is 10.6. The molecule has 0 amide bonds. The lowest BCUT2D eigenvalue weighted by molar-refractivity contribution is 0.494. The number of fused-ring (bicyclic) bond motifs is 1. The Bertz CT molecular complexity index is 534. The maximum atomic E-state index is 5.94. The predicted octanol–water partition coefficient (Wildman–Crippen LogP) is 3.38. The van der Waals surface area contributed by atoms with Crippen LogP contribution < -0.4 is 0 Å². The number of hydrogen-bond donors (Lipinski definition) is 0. The van der Waals surface area contributed by atoms with E-state index in [-0.39, 0.29) is 18.4 Å². The molecule has 1 aromatic carbocycles. The van der Waals surface area contributed by atoms with Crippen molar-refractivity contribution < 1.29 is 0 Å². The van der Waals surface area contributed by atoms with Gasteiger partial charge in [-0.15, -0.1) is 12.4 Å². The van der Waals surface area contributed by atoms with Crippen molar-refractivity contribution >= 4 is 35.7 Å². The van der Waals surface area contributed by atoms with Crippen LogP contribution in [0.5, 0.6) is 0 Å². The van der Waals surface area contributed by atoms with Crippen molar-refractivity contribution in [3.05, 3.63) is 47.1 Å². The van der Waals surface area contributed by atoms with E-state index in [9.17, 15) is 0 Å². The normalized spacial score (nSPS) is 21.6. The highest BCUT2D eigenvalue weighted by Crippen LogP contribution is 2.30. The third kappa shape index (κ3) is 2.16. The summed E-state index contributed by atoms with van der Waals surface area (Å²) in [6.07, 6.45) is 1.82. The van der Waals surface area contributed by atoms with Gasteiger partial charge in [0, 0.05) is 6.08 Å². The van der Waals surface area contributed by atoms with Crippen LogP contribution in [0.3, 0.4) is 0 Å². The van der Waals surface area contributed by atoms with Crippen molar-refractivity contribution in [3.63, 3.8) is 0 Å². The zero-order chi connectivity index (χ0) is 11.8. The molecule has 2 heterocycles. The summed E-state index contributed by atoms with van der Waals surface area (Å²) in [5.41, 5.74) is 1.26. The molecule has 94 valence electrons. The van der Waals surface area contributed by atoms with Crippen LogP contribution in [-0.2, 0) is 0 Å². The minimum atomic E-state index is 0. The molecule has 2 aliphatic heterocycles. The number of halogens is 2. The SMILES string of the molecule is CC1=NC(Cl)=CC2=NCC(c3ccccc3)N12.Cl. The van der Waals surface area contributed by atoms with Crippen molar-refractivity contribution in [2.45, 2.75) is 13.0 Å². The Hall–Kier alpha value is -1.32. The van der Waals surface area contributed by atoms with Gasteiger partial charge in [0.1, 0.15) is 16.8 Å². The fourth-order valence-corrected chi connectivity index (χ4v) is 2.50. The zero-order valence-electron chi connectivity index (χ0n) is 9.88. The topological polar surface area (TPSA) is 28.0 Å². The smallest absolute Gasteiger partial charge is 0.134 e. The second kappa shape index (κ2) is 5.12. The summed E-state index contributed by atoms with van der Waals surface area (Å²) in [6.45, 7) is 2.72. The number of rotatable bonds is 1. The molecule has 1 atom stereocenters. The monoisotopic (exact) mass is 281 g/mol. The largest absolute Gasteiger partial charge is 0.305 e. The third-order valence-electron chi connectivity index (χ3n) is 3.03. The highest BCUT2D eigenvalue weighted by molar-refractivity contribution is 6.33. The third-order valence-corrected chi connectivity index (χ3v) is 3.23. The van der Waals surface area contributed by atoms with Gasteiger partial charge in [-0.3, -0.25) is 4.99 Å². The molecule has 0 bridgehead atoms. The van der Waals surface area contributed by atoms with Crippen LogP contribution >= 0.6 is 24.0 Å². The minimum Gasteiger partial charge on any atom is -0.305 e. The van der Waals surface area contributed by atoms with E-state index >= 15 is 0 Å². The molecular formula is C13H13Cl2N3. The van der Waals surface area contributed by atoms with E-state index in [0.717, 1.165) is 18.2 Å². The van der Waals surface area contributed by atoms with Gasteiger partial charge in [0.2, 0.25) is 0 Å². The Kier molecular flexibility index (Phi) is 3.73. The molecule has 0 radical (unpaired) electrons. The fourth-order valence-electron chi connectivity index (χ4n) is 2.28. The van der Waals surface area contributed by atoms with Gasteiger partial charge in [-0.25, -0.2) is 4.99 Å². The van der Waals surface area contributed by atoms with Gasteiger partial charge in [0.05, 0.1) is 12.6 Å². The molecule has 3 nitrogen and oxygen atoms in total. The first-order valence-corrected chi connectivity index (χ1v) is 5.94. The molecule has 0 saturated carbocycles. The number of hydrogen-bond acceptors (Lipinski definition) is 3. The molecule has 3 rings (SSSR count). The highest BCUT2D eigenvalue weighted by atomic mass is 35.5. The zero-order valence-corrected chi connectivity index (χ0v) is 11.4. The van der Waals surface area contributed by atoms with E-state index in [1.54, 1.807) is 0 Å². The molecule has 2 aliphatic rings. The van der Waals surface area contributed by atoms with Crippen LogP contribution in [0, 0.1) is 0 Å². The maximum Gasteiger partial charge on any atom is 0.134 e. The molecular weight excluding hydrogens is 269 g/mol. The number of nitrogens with zero attached hydrogens (tertiary/aromatic N) is 3. The highest BCUT2D eigenvalue weighted by Gasteiger charge is 2.31. The Labute approximate surface area is 117 Å². The van der Waals surface area contributed by atoms with E-state index in [1.165, 1.54) is 5.56 Å². The summed E-state index contributed by atoms with van der Waals surface area (Å²) in [7, 11) is 0. The van der Waals surface area contributed by atoms with Gasteiger partial charge in [-0.05, 0) is 12.5 Å². The summed E-state index contributed by atoms with van der Waals surface area (Å²) < 4.78 is 0. The lowest BCUT2D eigenvalue weighted by Crippen LogP contribution is -2.36. The number of benzene rings is 1. The molecule has 18 heavy (non-hydrogen) atoms. The van der Waals surface area contributed by atoms with Crippen molar-refractivity contribution in [1.82, 2.24) is 4.90 Å². The summed E-state index contributed by atoms with van der Waals surface area (Å²) in [5, 5.41) is 0.506. The second-order valence-electron chi connectivity index (χ2n) is 4.12. The van der Waals surface area contributed by atoms with Gasteiger partial charge in [0.25, 0.3) is 0 Å².